The number of nitrogens with one attached hydrogen (secondary N) is 1. The maximum atomic E-state index is 11.8. The van der Waals surface area contributed by atoms with Gasteiger partial charge in [0, 0.05) is 18.3 Å². The third-order valence-corrected chi connectivity index (χ3v) is 3.14. The highest BCUT2D eigenvalue weighted by Crippen LogP contribution is 2.18. The minimum absolute atomic E-state index is 0.0341. The number of primary amides is 1. The molecule has 0 radical (unpaired) electrons. The Morgan fingerprint density at radius 3 is 2.55 bits per heavy atom. The summed E-state index contributed by atoms with van der Waals surface area (Å²) < 4.78 is 0. The minimum atomic E-state index is -0.460. The van der Waals surface area contributed by atoms with Crippen molar-refractivity contribution < 1.29 is 9.59 Å². The number of nitrogens with two attached hydrogens (primary N) is 2. The summed E-state index contributed by atoms with van der Waals surface area (Å²) in [6.07, 6.45) is 2.07. The molecule has 1 aromatic carbocycles. The Labute approximate surface area is 118 Å². The highest BCUT2D eigenvalue weighted by molar-refractivity contribution is 5.80. The fourth-order valence-electron chi connectivity index (χ4n) is 2.01. The Balaban J connectivity index is 1.97. The van der Waals surface area contributed by atoms with E-state index in [-0.39, 0.29) is 19.0 Å². The van der Waals surface area contributed by atoms with E-state index in [4.69, 9.17) is 11.5 Å². The van der Waals surface area contributed by atoms with E-state index in [0.717, 1.165) is 18.4 Å². The van der Waals surface area contributed by atoms with Gasteiger partial charge < -0.3 is 16.8 Å². The number of rotatable bonds is 7. The van der Waals surface area contributed by atoms with Gasteiger partial charge in [0.15, 0.2) is 0 Å². The fraction of sp³-hybridized carbons (Fsp3) is 0.429. The number of para-hydroxylation sites is 1. The highest BCUT2D eigenvalue weighted by Gasteiger charge is 2.24. The standard InChI is InChI=1S/C14H20N4O2/c15-12-4-2-1-3-10(12)7-18(8-13(16)19)9-14(20)17-11-5-6-11/h1-4,11H,5-9,15H2,(H2,16,19)(H,17,20). The molecule has 1 fully saturated rings. The predicted octanol–water partition coefficient (Wildman–Crippen LogP) is -0.165. The normalized spacial score (nSPS) is 14.2. The van der Waals surface area contributed by atoms with E-state index in [1.807, 2.05) is 18.2 Å². The van der Waals surface area contributed by atoms with Crippen molar-refractivity contribution in [2.45, 2.75) is 25.4 Å². The van der Waals surface area contributed by atoms with Gasteiger partial charge in [-0.05, 0) is 24.5 Å². The molecule has 0 saturated heterocycles. The predicted molar refractivity (Wildman–Crippen MR) is 76.5 cm³/mol. The molecule has 0 spiro atoms. The molecule has 1 aliphatic carbocycles. The number of nitrogens with zero attached hydrogens (tertiary/aromatic N) is 1. The Hall–Kier alpha value is -2.08. The average molecular weight is 276 g/mol. The molecule has 6 nitrogen and oxygen atoms in total. The molecule has 0 atom stereocenters. The third kappa shape index (κ3) is 4.55. The maximum Gasteiger partial charge on any atom is 0.234 e. The van der Waals surface area contributed by atoms with Crippen molar-refractivity contribution in [2.75, 3.05) is 18.8 Å². The lowest BCUT2D eigenvalue weighted by Crippen LogP contribution is -2.41. The summed E-state index contributed by atoms with van der Waals surface area (Å²) >= 11 is 0. The molecular weight excluding hydrogens is 256 g/mol. The molecule has 20 heavy (non-hydrogen) atoms. The van der Waals surface area contributed by atoms with E-state index in [1.54, 1.807) is 11.0 Å². The number of nitrogen functional groups attached to an aromatic ring is 1. The van der Waals surface area contributed by atoms with Crippen LogP contribution in [0.4, 0.5) is 5.69 Å². The van der Waals surface area contributed by atoms with Crippen LogP contribution < -0.4 is 16.8 Å². The maximum absolute atomic E-state index is 11.8. The van der Waals surface area contributed by atoms with Crippen molar-refractivity contribution in [1.82, 2.24) is 10.2 Å². The largest absolute Gasteiger partial charge is 0.398 e. The minimum Gasteiger partial charge on any atom is -0.398 e. The molecule has 1 saturated carbocycles. The topological polar surface area (TPSA) is 101 Å². The number of hydrogen-bond acceptors (Lipinski definition) is 4. The van der Waals surface area contributed by atoms with E-state index < -0.39 is 5.91 Å². The molecule has 1 aliphatic rings. The average Bonchev–Trinajstić information content (AvgIpc) is 3.15. The van der Waals surface area contributed by atoms with Crippen LogP contribution in [0.2, 0.25) is 0 Å². The monoisotopic (exact) mass is 276 g/mol. The van der Waals surface area contributed by atoms with Gasteiger partial charge in [0.25, 0.3) is 0 Å². The quantitative estimate of drug-likeness (QED) is 0.602. The zero-order valence-corrected chi connectivity index (χ0v) is 11.3. The molecule has 1 aromatic rings. The van der Waals surface area contributed by atoms with E-state index in [2.05, 4.69) is 5.32 Å². The van der Waals surface area contributed by atoms with Gasteiger partial charge >= 0.3 is 0 Å². The summed E-state index contributed by atoms with van der Waals surface area (Å²) in [6, 6.07) is 7.69. The Bertz CT molecular complexity index is 500. The molecular formula is C14H20N4O2. The molecule has 108 valence electrons. The summed E-state index contributed by atoms with van der Waals surface area (Å²) in [4.78, 5) is 24.6. The molecule has 0 aromatic heterocycles. The number of anilines is 1. The fourth-order valence-corrected chi connectivity index (χ4v) is 2.01. The Kier molecular flexibility index (Phi) is 4.57. The molecule has 0 heterocycles. The Morgan fingerprint density at radius 1 is 1.25 bits per heavy atom. The first-order chi connectivity index (χ1) is 9.54. The van der Waals surface area contributed by atoms with Crippen LogP contribution in [0.25, 0.3) is 0 Å². The number of benzene rings is 1. The van der Waals surface area contributed by atoms with Gasteiger partial charge in [0.2, 0.25) is 11.8 Å². The summed E-state index contributed by atoms with van der Waals surface area (Å²) in [6.45, 7) is 0.605. The third-order valence-electron chi connectivity index (χ3n) is 3.14. The van der Waals surface area contributed by atoms with Crippen LogP contribution in [0, 0.1) is 0 Å². The molecule has 0 aliphatic heterocycles. The van der Waals surface area contributed by atoms with Gasteiger partial charge in [-0.2, -0.15) is 0 Å². The zero-order chi connectivity index (χ0) is 14.5. The number of hydrogen-bond donors (Lipinski definition) is 3. The van der Waals surface area contributed by atoms with Gasteiger partial charge in [-0.15, -0.1) is 0 Å². The van der Waals surface area contributed by atoms with Gasteiger partial charge in [-0.3, -0.25) is 14.5 Å². The molecule has 2 amide bonds. The van der Waals surface area contributed by atoms with Crippen LogP contribution >= 0.6 is 0 Å². The Morgan fingerprint density at radius 2 is 1.95 bits per heavy atom. The van der Waals surface area contributed by atoms with Crippen molar-refractivity contribution in [3.63, 3.8) is 0 Å². The van der Waals surface area contributed by atoms with Crippen molar-refractivity contribution in [1.29, 1.82) is 0 Å². The lowest BCUT2D eigenvalue weighted by atomic mass is 10.1. The van der Waals surface area contributed by atoms with Gasteiger partial charge in [0.05, 0.1) is 13.1 Å². The number of amides is 2. The van der Waals surface area contributed by atoms with E-state index >= 15 is 0 Å². The van der Waals surface area contributed by atoms with Crippen LogP contribution in [0.1, 0.15) is 18.4 Å². The van der Waals surface area contributed by atoms with Crippen molar-refractivity contribution in [3.05, 3.63) is 29.8 Å². The summed E-state index contributed by atoms with van der Waals surface area (Å²) in [5, 5.41) is 2.89. The molecule has 5 N–H and O–H groups in total. The summed E-state index contributed by atoms with van der Waals surface area (Å²) in [5.41, 5.74) is 12.6. The lowest BCUT2D eigenvalue weighted by molar-refractivity contribution is -0.124. The second-order valence-electron chi connectivity index (χ2n) is 5.15. The molecule has 0 bridgehead atoms. The molecule has 0 unspecified atom stereocenters. The van der Waals surface area contributed by atoms with Crippen molar-refractivity contribution in [3.8, 4) is 0 Å². The van der Waals surface area contributed by atoms with Crippen molar-refractivity contribution in [2.24, 2.45) is 5.73 Å². The molecule has 6 heteroatoms. The molecule has 2 rings (SSSR count). The number of carbonyl (C=O) groups excluding carboxylic acids is 2. The summed E-state index contributed by atoms with van der Waals surface area (Å²) in [7, 11) is 0. The van der Waals surface area contributed by atoms with Gasteiger partial charge in [-0.1, -0.05) is 18.2 Å². The first-order valence-electron chi connectivity index (χ1n) is 6.68. The van der Waals surface area contributed by atoms with Crippen LogP contribution in [0.5, 0.6) is 0 Å². The van der Waals surface area contributed by atoms with E-state index in [1.165, 1.54) is 0 Å². The van der Waals surface area contributed by atoms with Gasteiger partial charge in [-0.25, -0.2) is 0 Å². The summed E-state index contributed by atoms with van der Waals surface area (Å²) in [5.74, 6) is -0.540. The van der Waals surface area contributed by atoms with E-state index in [0.29, 0.717) is 18.3 Å². The number of carbonyl (C=O) groups is 2. The van der Waals surface area contributed by atoms with Crippen LogP contribution in [0.15, 0.2) is 24.3 Å². The highest BCUT2D eigenvalue weighted by atomic mass is 16.2. The van der Waals surface area contributed by atoms with Crippen LogP contribution in [-0.4, -0.2) is 35.8 Å². The van der Waals surface area contributed by atoms with Gasteiger partial charge in [0.1, 0.15) is 0 Å². The first kappa shape index (κ1) is 14.3. The lowest BCUT2D eigenvalue weighted by Gasteiger charge is -2.21. The second-order valence-corrected chi connectivity index (χ2v) is 5.15. The van der Waals surface area contributed by atoms with Crippen LogP contribution in [0.3, 0.4) is 0 Å². The van der Waals surface area contributed by atoms with E-state index in [9.17, 15) is 9.59 Å². The zero-order valence-electron chi connectivity index (χ0n) is 11.3. The second kappa shape index (κ2) is 6.38. The van der Waals surface area contributed by atoms with Crippen molar-refractivity contribution >= 4 is 17.5 Å². The SMILES string of the molecule is NC(=O)CN(CC(=O)NC1CC1)Cc1ccccc1N. The van der Waals surface area contributed by atoms with Crippen LogP contribution in [-0.2, 0) is 16.1 Å². The first-order valence-corrected chi connectivity index (χ1v) is 6.68. The smallest absolute Gasteiger partial charge is 0.234 e.